The van der Waals surface area contributed by atoms with Crippen molar-refractivity contribution in [1.29, 1.82) is 0 Å². The minimum Gasteiger partial charge on any atom is -0.330 e. The number of hydrogen-bond acceptors (Lipinski definition) is 3. The van der Waals surface area contributed by atoms with Gasteiger partial charge in [-0.15, -0.1) is 11.3 Å². The molecule has 0 fully saturated rings. The maximum absolute atomic E-state index is 5.65. The zero-order valence-electron chi connectivity index (χ0n) is 7.22. The largest absolute Gasteiger partial charge is 0.330 e. The highest BCUT2D eigenvalue weighted by Gasteiger charge is 2.22. The van der Waals surface area contributed by atoms with Crippen molar-refractivity contribution in [3.63, 3.8) is 0 Å². The van der Waals surface area contributed by atoms with Gasteiger partial charge in [0, 0.05) is 16.8 Å². The van der Waals surface area contributed by atoms with Gasteiger partial charge >= 0.3 is 0 Å². The van der Waals surface area contributed by atoms with Crippen LogP contribution in [0.2, 0.25) is 0 Å². The van der Waals surface area contributed by atoms with Gasteiger partial charge < -0.3 is 5.73 Å². The molecule has 0 atom stereocenters. The molecular formula is C8H14N2S. The number of thiazole rings is 1. The average molecular weight is 170 g/mol. The lowest BCUT2D eigenvalue weighted by molar-refractivity contribution is 0.546. The van der Waals surface area contributed by atoms with Crippen LogP contribution in [0.25, 0.3) is 0 Å². The van der Waals surface area contributed by atoms with Gasteiger partial charge in [-0.2, -0.15) is 0 Å². The molecule has 0 bridgehead atoms. The Balaban J connectivity index is 3.00. The molecule has 2 nitrogen and oxygen atoms in total. The monoisotopic (exact) mass is 170 g/mol. The third-order valence-corrected chi connectivity index (χ3v) is 3.17. The summed E-state index contributed by atoms with van der Waals surface area (Å²) in [6.45, 7) is 7.00. The highest BCUT2D eigenvalue weighted by Crippen LogP contribution is 2.27. The quantitative estimate of drug-likeness (QED) is 0.733. The first-order valence-corrected chi connectivity index (χ1v) is 4.56. The van der Waals surface area contributed by atoms with Crippen molar-refractivity contribution in [2.75, 3.05) is 6.54 Å². The lowest BCUT2D eigenvalue weighted by atomic mass is 9.91. The summed E-state index contributed by atoms with van der Waals surface area (Å²) in [6, 6.07) is 0. The fourth-order valence-electron chi connectivity index (χ4n) is 1.04. The summed E-state index contributed by atoms with van der Waals surface area (Å²) in [6.07, 6.45) is 0. The highest BCUT2D eigenvalue weighted by atomic mass is 32.1. The predicted molar refractivity (Wildman–Crippen MR) is 48.9 cm³/mol. The van der Waals surface area contributed by atoms with Gasteiger partial charge in [0.15, 0.2) is 0 Å². The molecule has 0 aliphatic rings. The zero-order valence-corrected chi connectivity index (χ0v) is 8.03. The van der Waals surface area contributed by atoms with E-state index in [1.54, 1.807) is 11.3 Å². The Labute approximate surface area is 71.5 Å². The van der Waals surface area contributed by atoms with Gasteiger partial charge in [0.2, 0.25) is 0 Å². The van der Waals surface area contributed by atoms with E-state index < -0.39 is 0 Å². The van der Waals surface area contributed by atoms with E-state index in [1.165, 1.54) is 4.88 Å². The third kappa shape index (κ3) is 1.60. The number of hydrogen-bond donors (Lipinski definition) is 1. The van der Waals surface area contributed by atoms with Crippen LogP contribution in [-0.2, 0) is 5.41 Å². The van der Waals surface area contributed by atoms with E-state index in [0.717, 1.165) is 5.69 Å². The van der Waals surface area contributed by atoms with Gasteiger partial charge in [-0.1, -0.05) is 13.8 Å². The zero-order chi connectivity index (χ0) is 8.48. The van der Waals surface area contributed by atoms with Crippen LogP contribution in [-0.4, -0.2) is 11.5 Å². The van der Waals surface area contributed by atoms with Crippen LogP contribution in [0.1, 0.15) is 24.4 Å². The summed E-state index contributed by atoms with van der Waals surface area (Å²) in [4.78, 5) is 5.50. The van der Waals surface area contributed by atoms with Crippen molar-refractivity contribution in [1.82, 2.24) is 4.98 Å². The van der Waals surface area contributed by atoms with E-state index >= 15 is 0 Å². The molecule has 0 unspecified atom stereocenters. The Bertz CT molecular complexity index is 240. The SMILES string of the molecule is Cc1ncsc1C(C)(C)CN. The molecule has 3 heteroatoms. The van der Waals surface area contributed by atoms with E-state index in [4.69, 9.17) is 5.73 Å². The molecule has 2 N–H and O–H groups in total. The maximum atomic E-state index is 5.65. The number of rotatable bonds is 2. The summed E-state index contributed by atoms with van der Waals surface area (Å²) < 4.78 is 0. The van der Waals surface area contributed by atoms with E-state index in [9.17, 15) is 0 Å². The molecule has 0 aliphatic heterocycles. The van der Waals surface area contributed by atoms with Gasteiger partial charge in [-0.05, 0) is 6.92 Å². The molecule has 11 heavy (non-hydrogen) atoms. The van der Waals surface area contributed by atoms with Gasteiger partial charge in [0.05, 0.1) is 11.2 Å². The first-order chi connectivity index (χ1) is 5.08. The summed E-state index contributed by atoms with van der Waals surface area (Å²) in [5.41, 5.74) is 8.73. The molecule has 1 aromatic heterocycles. The molecule has 1 aromatic rings. The molecule has 0 saturated carbocycles. The van der Waals surface area contributed by atoms with Crippen LogP contribution >= 0.6 is 11.3 Å². The fraction of sp³-hybridized carbons (Fsp3) is 0.625. The molecule has 0 aromatic carbocycles. The Morgan fingerprint density at radius 3 is 2.64 bits per heavy atom. The summed E-state index contributed by atoms with van der Waals surface area (Å²) in [7, 11) is 0. The van der Waals surface area contributed by atoms with Gasteiger partial charge in [-0.25, -0.2) is 4.98 Å². The van der Waals surface area contributed by atoms with E-state index in [0.29, 0.717) is 6.54 Å². The standard InChI is InChI=1S/C8H14N2S/c1-6-7(11-5-10-6)8(2,3)4-9/h5H,4,9H2,1-3H3. The molecule has 1 heterocycles. The van der Waals surface area contributed by atoms with Crippen LogP contribution in [0, 0.1) is 6.92 Å². The van der Waals surface area contributed by atoms with Crippen LogP contribution < -0.4 is 5.73 Å². The van der Waals surface area contributed by atoms with Crippen molar-refractivity contribution in [3.05, 3.63) is 16.1 Å². The minimum absolute atomic E-state index is 0.0885. The van der Waals surface area contributed by atoms with Gasteiger partial charge in [0.1, 0.15) is 0 Å². The molecule has 0 aliphatic carbocycles. The fourth-order valence-corrected chi connectivity index (χ4v) is 1.99. The minimum atomic E-state index is 0.0885. The Kier molecular flexibility index (Phi) is 2.30. The van der Waals surface area contributed by atoms with Gasteiger partial charge in [-0.3, -0.25) is 0 Å². The normalized spacial score (nSPS) is 12.0. The smallest absolute Gasteiger partial charge is 0.0797 e. The number of nitrogens with zero attached hydrogens (tertiary/aromatic N) is 1. The Morgan fingerprint density at radius 1 is 1.64 bits per heavy atom. The molecular weight excluding hydrogens is 156 g/mol. The number of aromatic nitrogens is 1. The second-order valence-corrected chi connectivity index (χ2v) is 4.21. The summed E-state index contributed by atoms with van der Waals surface area (Å²) in [5, 5.41) is 0. The second-order valence-electron chi connectivity index (χ2n) is 3.35. The van der Waals surface area contributed by atoms with Crippen LogP contribution in [0.4, 0.5) is 0 Å². The summed E-state index contributed by atoms with van der Waals surface area (Å²) >= 11 is 1.69. The molecule has 0 saturated heterocycles. The molecule has 0 amide bonds. The van der Waals surface area contributed by atoms with Crippen molar-refractivity contribution in [3.8, 4) is 0 Å². The molecule has 0 radical (unpaired) electrons. The average Bonchev–Trinajstić information content (AvgIpc) is 2.36. The third-order valence-electron chi connectivity index (χ3n) is 1.87. The molecule has 1 rings (SSSR count). The lowest BCUT2D eigenvalue weighted by Gasteiger charge is -2.20. The van der Waals surface area contributed by atoms with Crippen molar-refractivity contribution < 1.29 is 0 Å². The number of aryl methyl sites for hydroxylation is 1. The van der Waals surface area contributed by atoms with Crippen molar-refractivity contribution in [2.24, 2.45) is 5.73 Å². The number of nitrogens with two attached hydrogens (primary N) is 1. The van der Waals surface area contributed by atoms with Crippen molar-refractivity contribution in [2.45, 2.75) is 26.2 Å². The van der Waals surface area contributed by atoms with E-state index in [-0.39, 0.29) is 5.41 Å². The summed E-state index contributed by atoms with van der Waals surface area (Å²) in [5.74, 6) is 0. The van der Waals surface area contributed by atoms with E-state index in [1.807, 2.05) is 12.4 Å². The van der Waals surface area contributed by atoms with E-state index in [2.05, 4.69) is 18.8 Å². The predicted octanol–water partition coefficient (Wildman–Crippen LogP) is 1.69. The Morgan fingerprint density at radius 2 is 2.27 bits per heavy atom. The lowest BCUT2D eigenvalue weighted by Crippen LogP contribution is -2.27. The molecule has 0 spiro atoms. The maximum Gasteiger partial charge on any atom is 0.0797 e. The Hall–Kier alpha value is -0.410. The van der Waals surface area contributed by atoms with Crippen LogP contribution in [0.15, 0.2) is 5.51 Å². The van der Waals surface area contributed by atoms with Gasteiger partial charge in [0.25, 0.3) is 0 Å². The molecule has 62 valence electrons. The van der Waals surface area contributed by atoms with Crippen molar-refractivity contribution >= 4 is 11.3 Å². The van der Waals surface area contributed by atoms with Crippen LogP contribution in [0.5, 0.6) is 0 Å². The topological polar surface area (TPSA) is 38.9 Å². The highest BCUT2D eigenvalue weighted by molar-refractivity contribution is 7.09. The second kappa shape index (κ2) is 2.91. The first-order valence-electron chi connectivity index (χ1n) is 3.68. The van der Waals surface area contributed by atoms with Crippen LogP contribution in [0.3, 0.4) is 0 Å². The first kappa shape index (κ1) is 8.68.